The molecule has 4 nitrogen and oxygen atoms in total. The molecule has 2 aromatic rings. The molecule has 2 N–H and O–H groups in total. The van der Waals surface area contributed by atoms with Crippen LogP contribution in [0.1, 0.15) is 32.1 Å². The lowest BCUT2D eigenvalue weighted by Crippen LogP contribution is -2.39. The first-order valence-electron chi connectivity index (χ1n) is 9.50. The second kappa shape index (κ2) is 7.50. The van der Waals surface area contributed by atoms with Gasteiger partial charge in [-0.05, 0) is 55.4 Å². The van der Waals surface area contributed by atoms with Crippen LogP contribution in [0.5, 0.6) is 5.75 Å². The summed E-state index contributed by atoms with van der Waals surface area (Å²) in [6.07, 6.45) is 5.41. The summed E-state index contributed by atoms with van der Waals surface area (Å²) in [7, 11) is 1.68. The molecule has 0 saturated carbocycles. The largest absolute Gasteiger partial charge is 0.496 e. The topological polar surface area (TPSA) is 50.4 Å². The highest BCUT2D eigenvalue weighted by Crippen LogP contribution is 2.33. The Morgan fingerprint density at radius 2 is 1.88 bits per heavy atom. The van der Waals surface area contributed by atoms with E-state index < -0.39 is 0 Å². The number of para-hydroxylation sites is 1. The average Bonchev–Trinajstić information content (AvgIpc) is 3.00. The van der Waals surface area contributed by atoms with Gasteiger partial charge in [-0.2, -0.15) is 0 Å². The molecule has 2 saturated heterocycles. The summed E-state index contributed by atoms with van der Waals surface area (Å²) in [5, 5.41) is 6.72. The summed E-state index contributed by atoms with van der Waals surface area (Å²) in [6, 6.07) is 17.2. The molecule has 136 valence electrons. The zero-order chi connectivity index (χ0) is 17.9. The van der Waals surface area contributed by atoms with Crippen molar-refractivity contribution in [3.63, 3.8) is 0 Å². The number of nitrogens with one attached hydrogen (secondary N) is 2. The summed E-state index contributed by atoms with van der Waals surface area (Å²) < 4.78 is 5.45. The van der Waals surface area contributed by atoms with Gasteiger partial charge in [0.15, 0.2) is 0 Å². The Morgan fingerprint density at radius 3 is 2.65 bits per heavy atom. The van der Waals surface area contributed by atoms with E-state index in [-0.39, 0.29) is 5.91 Å². The first kappa shape index (κ1) is 17.1. The minimum atomic E-state index is 0.119. The van der Waals surface area contributed by atoms with Crippen LogP contribution in [0.3, 0.4) is 0 Å². The van der Waals surface area contributed by atoms with Crippen molar-refractivity contribution in [2.75, 3.05) is 12.4 Å². The van der Waals surface area contributed by atoms with Gasteiger partial charge in [0.1, 0.15) is 5.75 Å². The van der Waals surface area contributed by atoms with Gasteiger partial charge >= 0.3 is 0 Å². The van der Waals surface area contributed by atoms with Gasteiger partial charge < -0.3 is 15.4 Å². The molecular weight excluding hydrogens is 324 g/mol. The van der Waals surface area contributed by atoms with Gasteiger partial charge in [0.05, 0.1) is 7.11 Å². The molecule has 1 amide bonds. The quantitative estimate of drug-likeness (QED) is 0.849. The molecule has 2 aliphatic rings. The number of carbonyl (C=O) groups is 1. The molecule has 2 fully saturated rings. The molecule has 2 atom stereocenters. The van der Waals surface area contributed by atoms with Crippen LogP contribution in [0.15, 0.2) is 48.5 Å². The Hall–Kier alpha value is -2.33. The number of hydrogen-bond donors (Lipinski definition) is 2. The highest BCUT2D eigenvalue weighted by molar-refractivity contribution is 5.91. The van der Waals surface area contributed by atoms with E-state index in [0.29, 0.717) is 24.4 Å². The van der Waals surface area contributed by atoms with Crippen LogP contribution in [0.4, 0.5) is 5.69 Å². The van der Waals surface area contributed by atoms with Crippen molar-refractivity contribution >= 4 is 11.6 Å². The summed E-state index contributed by atoms with van der Waals surface area (Å²) >= 11 is 0. The first-order chi connectivity index (χ1) is 12.7. The molecule has 2 heterocycles. The number of benzene rings is 2. The molecule has 0 spiro atoms. The Labute approximate surface area is 155 Å². The minimum absolute atomic E-state index is 0.119. The predicted molar refractivity (Wildman–Crippen MR) is 104 cm³/mol. The monoisotopic (exact) mass is 350 g/mol. The highest BCUT2D eigenvalue weighted by Gasteiger charge is 2.34. The molecule has 26 heavy (non-hydrogen) atoms. The Morgan fingerprint density at radius 1 is 1.12 bits per heavy atom. The van der Waals surface area contributed by atoms with E-state index in [0.717, 1.165) is 35.4 Å². The van der Waals surface area contributed by atoms with E-state index in [4.69, 9.17) is 4.74 Å². The molecule has 4 rings (SSSR count). The summed E-state index contributed by atoms with van der Waals surface area (Å²) in [6.45, 7) is 0. The summed E-state index contributed by atoms with van der Waals surface area (Å²) in [4.78, 5) is 12.5. The number of hydrogen-bond acceptors (Lipinski definition) is 3. The lowest BCUT2D eigenvalue weighted by atomic mass is 9.89. The van der Waals surface area contributed by atoms with Crippen LogP contribution < -0.4 is 15.4 Å². The number of carbonyl (C=O) groups excluding carboxylic acids is 1. The van der Waals surface area contributed by atoms with Gasteiger partial charge in [-0.3, -0.25) is 4.79 Å². The maximum atomic E-state index is 12.5. The molecule has 0 aromatic heterocycles. The minimum Gasteiger partial charge on any atom is -0.496 e. The van der Waals surface area contributed by atoms with Crippen molar-refractivity contribution in [1.29, 1.82) is 0 Å². The van der Waals surface area contributed by atoms with Crippen molar-refractivity contribution in [1.82, 2.24) is 5.32 Å². The van der Waals surface area contributed by atoms with E-state index in [1.807, 2.05) is 48.5 Å². The summed E-state index contributed by atoms with van der Waals surface area (Å²) in [5.41, 5.74) is 2.91. The van der Waals surface area contributed by atoms with Gasteiger partial charge in [-0.1, -0.05) is 30.3 Å². The number of ether oxygens (including phenoxy) is 1. The van der Waals surface area contributed by atoms with E-state index >= 15 is 0 Å². The Bertz CT molecular complexity index is 777. The van der Waals surface area contributed by atoms with Crippen molar-refractivity contribution in [3.05, 3.63) is 48.5 Å². The van der Waals surface area contributed by atoms with E-state index in [9.17, 15) is 4.79 Å². The van der Waals surface area contributed by atoms with Crippen LogP contribution in [0, 0.1) is 5.92 Å². The maximum absolute atomic E-state index is 12.5. The van der Waals surface area contributed by atoms with E-state index in [1.54, 1.807) is 7.11 Å². The second-order valence-corrected chi connectivity index (χ2v) is 7.51. The standard InChI is InChI=1S/C22H26N2O2/c1-26-21-8-3-2-7-20(21)16-5-4-6-17(14-16)24-22(25)13-15-11-18-9-10-19(12-15)23-18/h2-8,14-15,18-19,23H,9-13H2,1H3,(H,24,25). The van der Waals surface area contributed by atoms with Crippen LogP contribution in [0.25, 0.3) is 11.1 Å². The fraction of sp³-hybridized carbons (Fsp3) is 0.409. The van der Waals surface area contributed by atoms with Crippen molar-refractivity contribution < 1.29 is 9.53 Å². The number of piperidine rings is 1. The number of fused-ring (bicyclic) bond motifs is 2. The van der Waals surface area contributed by atoms with Crippen LogP contribution in [0.2, 0.25) is 0 Å². The van der Waals surface area contributed by atoms with Crippen molar-refractivity contribution in [3.8, 4) is 16.9 Å². The Balaban J connectivity index is 1.43. The lowest BCUT2D eigenvalue weighted by Gasteiger charge is -2.28. The molecule has 2 bridgehead atoms. The smallest absolute Gasteiger partial charge is 0.224 e. The van der Waals surface area contributed by atoms with Crippen LogP contribution in [-0.4, -0.2) is 25.1 Å². The second-order valence-electron chi connectivity index (χ2n) is 7.51. The third kappa shape index (κ3) is 3.75. The third-order valence-electron chi connectivity index (χ3n) is 5.61. The van der Waals surface area contributed by atoms with Crippen molar-refractivity contribution in [2.45, 2.75) is 44.2 Å². The Kier molecular flexibility index (Phi) is 4.93. The molecule has 4 heteroatoms. The zero-order valence-electron chi connectivity index (χ0n) is 15.2. The number of amides is 1. The summed E-state index contributed by atoms with van der Waals surface area (Å²) in [5.74, 6) is 1.46. The highest BCUT2D eigenvalue weighted by atomic mass is 16.5. The molecule has 2 aromatic carbocycles. The van der Waals surface area contributed by atoms with E-state index in [1.165, 1.54) is 12.8 Å². The van der Waals surface area contributed by atoms with Gasteiger partial charge in [-0.15, -0.1) is 0 Å². The molecule has 2 unspecified atom stereocenters. The van der Waals surface area contributed by atoms with Gasteiger partial charge in [0.25, 0.3) is 0 Å². The van der Waals surface area contributed by atoms with Gasteiger partial charge in [0.2, 0.25) is 5.91 Å². The predicted octanol–water partition coefficient (Wildman–Crippen LogP) is 4.22. The van der Waals surface area contributed by atoms with Crippen LogP contribution in [-0.2, 0) is 4.79 Å². The molecule has 0 radical (unpaired) electrons. The third-order valence-corrected chi connectivity index (χ3v) is 5.61. The van der Waals surface area contributed by atoms with Gasteiger partial charge in [-0.25, -0.2) is 0 Å². The molecule has 0 aliphatic carbocycles. The zero-order valence-corrected chi connectivity index (χ0v) is 15.2. The fourth-order valence-electron chi connectivity index (χ4n) is 4.46. The lowest BCUT2D eigenvalue weighted by molar-refractivity contribution is -0.117. The molecular formula is C22H26N2O2. The van der Waals surface area contributed by atoms with Gasteiger partial charge in [0, 0.05) is 29.8 Å². The average molecular weight is 350 g/mol. The normalized spacial score (nSPS) is 24.3. The SMILES string of the molecule is COc1ccccc1-c1cccc(NC(=O)CC2CC3CCC(C2)N3)c1. The molecule has 2 aliphatic heterocycles. The van der Waals surface area contributed by atoms with E-state index in [2.05, 4.69) is 10.6 Å². The first-order valence-corrected chi connectivity index (χ1v) is 9.50. The van der Waals surface area contributed by atoms with Crippen molar-refractivity contribution in [2.24, 2.45) is 5.92 Å². The number of rotatable bonds is 5. The number of anilines is 1. The fourth-order valence-corrected chi connectivity index (χ4v) is 4.46. The number of methoxy groups -OCH3 is 1. The van der Waals surface area contributed by atoms with Crippen LogP contribution >= 0.6 is 0 Å². The maximum Gasteiger partial charge on any atom is 0.224 e.